The van der Waals surface area contributed by atoms with Crippen molar-refractivity contribution < 1.29 is 27.8 Å². The van der Waals surface area contributed by atoms with E-state index in [1.165, 1.54) is 0 Å². The van der Waals surface area contributed by atoms with Gasteiger partial charge in [0.25, 0.3) is 0 Å². The topological polar surface area (TPSA) is 71.5 Å². The number of carbonyl (C=O) groups excluding carboxylic acids is 1. The van der Waals surface area contributed by atoms with Crippen molar-refractivity contribution in [3.63, 3.8) is 0 Å². The number of hydrogen-bond donors (Lipinski definition) is 2. The summed E-state index contributed by atoms with van der Waals surface area (Å²) in [7, 11) is 1.09. The predicted octanol–water partition coefficient (Wildman–Crippen LogP) is 1.70. The number of aliphatic hydroxyl groups excluding tert-OH is 1. The van der Waals surface area contributed by atoms with E-state index in [1.54, 1.807) is 0 Å². The van der Waals surface area contributed by atoms with Crippen LogP contribution >= 0.6 is 11.6 Å². The van der Waals surface area contributed by atoms with Crippen LogP contribution in [0.4, 0.5) is 19.0 Å². The van der Waals surface area contributed by atoms with Crippen molar-refractivity contribution in [3.05, 3.63) is 22.8 Å². The van der Waals surface area contributed by atoms with Gasteiger partial charge < -0.3 is 15.2 Å². The molecule has 0 aliphatic carbocycles. The van der Waals surface area contributed by atoms with Crippen molar-refractivity contribution >= 4 is 23.4 Å². The van der Waals surface area contributed by atoms with Gasteiger partial charge in [0.2, 0.25) is 0 Å². The standard InChI is InChI=1S/C10H10ClF3N2O3/c1-19-9(18)7(17)4-16-8-6(11)2-5(3-15-8)10(12,13)14/h2-3,7,17H,4H2,1H3,(H,15,16)/t7-/m1/s1. The highest BCUT2D eigenvalue weighted by atomic mass is 35.5. The number of aliphatic hydroxyl groups is 1. The van der Waals surface area contributed by atoms with Crippen LogP contribution in [0, 0.1) is 0 Å². The summed E-state index contributed by atoms with van der Waals surface area (Å²) in [5.74, 6) is -0.951. The Kier molecular flexibility index (Phi) is 4.96. The van der Waals surface area contributed by atoms with E-state index in [2.05, 4.69) is 15.0 Å². The second kappa shape index (κ2) is 6.07. The van der Waals surface area contributed by atoms with Crippen LogP contribution in [0.1, 0.15) is 5.56 Å². The number of carbonyl (C=O) groups is 1. The number of anilines is 1. The fraction of sp³-hybridized carbons (Fsp3) is 0.400. The molecule has 5 nitrogen and oxygen atoms in total. The number of esters is 1. The minimum Gasteiger partial charge on any atom is -0.467 e. The minimum atomic E-state index is -4.54. The fourth-order valence-electron chi connectivity index (χ4n) is 1.14. The zero-order valence-corrected chi connectivity index (χ0v) is 10.4. The SMILES string of the molecule is COC(=O)[C@H](O)CNc1ncc(C(F)(F)F)cc1Cl. The number of aromatic nitrogens is 1. The summed E-state index contributed by atoms with van der Waals surface area (Å²) >= 11 is 5.61. The molecule has 0 fully saturated rings. The summed E-state index contributed by atoms with van der Waals surface area (Å²) in [5, 5.41) is 11.4. The largest absolute Gasteiger partial charge is 0.467 e. The Morgan fingerprint density at radius 3 is 2.74 bits per heavy atom. The Hall–Kier alpha value is -1.54. The Morgan fingerprint density at radius 1 is 1.63 bits per heavy atom. The number of rotatable bonds is 4. The molecule has 0 aromatic carbocycles. The van der Waals surface area contributed by atoms with Crippen LogP contribution in [0.5, 0.6) is 0 Å². The number of ether oxygens (including phenoxy) is 1. The quantitative estimate of drug-likeness (QED) is 0.828. The molecule has 1 aromatic rings. The number of nitrogens with one attached hydrogen (secondary N) is 1. The van der Waals surface area contributed by atoms with Crippen LogP contribution in [-0.4, -0.2) is 35.8 Å². The molecule has 1 aromatic heterocycles. The van der Waals surface area contributed by atoms with E-state index in [1.807, 2.05) is 0 Å². The van der Waals surface area contributed by atoms with Gasteiger partial charge in [-0.1, -0.05) is 11.6 Å². The average molecular weight is 299 g/mol. The van der Waals surface area contributed by atoms with Crippen molar-refractivity contribution in [1.82, 2.24) is 4.98 Å². The highest BCUT2D eigenvalue weighted by molar-refractivity contribution is 6.32. The molecule has 0 amide bonds. The molecule has 0 bridgehead atoms. The van der Waals surface area contributed by atoms with Crippen LogP contribution in [0.3, 0.4) is 0 Å². The fourth-order valence-corrected chi connectivity index (χ4v) is 1.37. The predicted molar refractivity (Wildman–Crippen MR) is 60.8 cm³/mol. The van der Waals surface area contributed by atoms with E-state index in [0.717, 1.165) is 7.11 Å². The number of halogens is 4. The Bertz CT molecular complexity index is 468. The molecule has 9 heteroatoms. The second-order valence-electron chi connectivity index (χ2n) is 3.47. The number of nitrogens with zero attached hydrogens (tertiary/aromatic N) is 1. The third kappa shape index (κ3) is 4.25. The molecule has 0 saturated heterocycles. The molecule has 19 heavy (non-hydrogen) atoms. The van der Waals surface area contributed by atoms with Crippen LogP contribution in [0.2, 0.25) is 5.02 Å². The minimum absolute atomic E-state index is 0.0716. The molecule has 0 aliphatic rings. The number of methoxy groups -OCH3 is 1. The van der Waals surface area contributed by atoms with Gasteiger partial charge in [-0.05, 0) is 6.07 Å². The third-order valence-electron chi connectivity index (χ3n) is 2.10. The first-order chi connectivity index (χ1) is 8.75. The van der Waals surface area contributed by atoms with E-state index >= 15 is 0 Å². The lowest BCUT2D eigenvalue weighted by molar-refractivity contribution is -0.149. The van der Waals surface area contributed by atoms with Crippen molar-refractivity contribution in [3.8, 4) is 0 Å². The first-order valence-electron chi connectivity index (χ1n) is 4.98. The highest BCUT2D eigenvalue weighted by Gasteiger charge is 2.31. The van der Waals surface area contributed by atoms with E-state index in [-0.39, 0.29) is 17.4 Å². The summed E-state index contributed by atoms with van der Waals surface area (Å²) in [6.45, 7) is -0.287. The van der Waals surface area contributed by atoms with E-state index in [0.29, 0.717) is 12.3 Å². The zero-order chi connectivity index (χ0) is 14.6. The summed E-state index contributed by atoms with van der Waals surface area (Å²) in [6.07, 6.45) is -5.41. The summed E-state index contributed by atoms with van der Waals surface area (Å²) in [5.41, 5.74) is -0.989. The van der Waals surface area contributed by atoms with Crippen molar-refractivity contribution in [1.29, 1.82) is 0 Å². The second-order valence-corrected chi connectivity index (χ2v) is 3.88. The number of alkyl halides is 3. The van der Waals surface area contributed by atoms with Gasteiger partial charge in [-0.2, -0.15) is 13.2 Å². The van der Waals surface area contributed by atoms with E-state index in [9.17, 15) is 23.1 Å². The van der Waals surface area contributed by atoms with Crippen LogP contribution in [-0.2, 0) is 15.7 Å². The maximum Gasteiger partial charge on any atom is 0.417 e. The number of pyridine rings is 1. The molecule has 0 aliphatic heterocycles. The van der Waals surface area contributed by atoms with Gasteiger partial charge in [-0.3, -0.25) is 0 Å². The van der Waals surface area contributed by atoms with Gasteiger partial charge in [0.1, 0.15) is 5.82 Å². The van der Waals surface area contributed by atoms with Crippen molar-refractivity contribution in [2.45, 2.75) is 12.3 Å². The van der Waals surface area contributed by atoms with Crippen molar-refractivity contribution in [2.75, 3.05) is 19.0 Å². The smallest absolute Gasteiger partial charge is 0.417 e. The molecule has 0 unspecified atom stereocenters. The molecule has 1 atom stereocenters. The van der Waals surface area contributed by atoms with Crippen LogP contribution in [0.15, 0.2) is 12.3 Å². The maximum absolute atomic E-state index is 12.3. The summed E-state index contributed by atoms with van der Waals surface area (Å²) in [4.78, 5) is 14.4. The first-order valence-corrected chi connectivity index (χ1v) is 5.36. The lowest BCUT2D eigenvalue weighted by atomic mass is 10.2. The summed E-state index contributed by atoms with van der Waals surface area (Å²) < 4.78 is 41.3. The Labute approximate surface area is 111 Å². The zero-order valence-electron chi connectivity index (χ0n) is 9.66. The molecule has 106 valence electrons. The first kappa shape index (κ1) is 15.5. The molecule has 0 spiro atoms. The van der Waals surface area contributed by atoms with Crippen LogP contribution < -0.4 is 5.32 Å². The molecule has 2 N–H and O–H groups in total. The van der Waals surface area contributed by atoms with Gasteiger partial charge in [0, 0.05) is 6.20 Å². The Balaban J connectivity index is 2.73. The number of hydrogen-bond acceptors (Lipinski definition) is 5. The normalized spacial score (nSPS) is 12.9. The van der Waals surface area contributed by atoms with Gasteiger partial charge in [0.05, 0.1) is 24.2 Å². The van der Waals surface area contributed by atoms with Crippen LogP contribution in [0.25, 0.3) is 0 Å². The monoisotopic (exact) mass is 298 g/mol. The van der Waals surface area contributed by atoms with Gasteiger partial charge in [-0.25, -0.2) is 9.78 Å². The van der Waals surface area contributed by atoms with Crippen molar-refractivity contribution in [2.24, 2.45) is 0 Å². The molecular weight excluding hydrogens is 289 g/mol. The summed E-state index contributed by atoms with van der Waals surface area (Å²) in [6, 6.07) is 0.696. The Morgan fingerprint density at radius 2 is 2.26 bits per heavy atom. The molecular formula is C10H10ClF3N2O3. The average Bonchev–Trinajstić information content (AvgIpc) is 2.34. The molecule has 1 rings (SSSR count). The lowest BCUT2D eigenvalue weighted by Gasteiger charge is -2.12. The molecule has 1 heterocycles. The van der Waals surface area contributed by atoms with Gasteiger partial charge >= 0.3 is 12.1 Å². The van der Waals surface area contributed by atoms with Gasteiger partial charge in [-0.15, -0.1) is 0 Å². The molecule has 0 saturated carbocycles. The highest BCUT2D eigenvalue weighted by Crippen LogP contribution is 2.32. The lowest BCUT2D eigenvalue weighted by Crippen LogP contribution is -2.29. The third-order valence-corrected chi connectivity index (χ3v) is 2.39. The molecule has 0 radical (unpaired) electrons. The van der Waals surface area contributed by atoms with E-state index in [4.69, 9.17) is 11.6 Å². The van der Waals surface area contributed by atoms with E-state index < -0.39 is 23.8 Å². The van der Waals surface area contributed by atoms with Gasteiger partial charge in [0.15, 0.2) is 6.10 Å². The maximum atomic E-state index is 12.3.